The van der Waals surface area contributed by atoms with E-state index in [1.54, 1.807) is 18.2 Å². The van der Waals surface area contributed by atoms with Gasteiger partial charge in [0.1, 0.15) is 11.5 Å². The van der Waals surface area contributed by atoms with Crippen molar-refractivity contribution in [2.45, 2.75) is 18.9 Å². The summed E-state index contributed by atoms with van der Waals surface area (Å²) < 4.78 is 5.40. The maximum absolute atomic E-state index is 9.67. The minimum atomic E-state index is -0.510. The number of hydrogen-bond donors (Lipinski definition) is 2. The molecule has 2 N–H and O–H groups in total. The molecule has 0 saturated carbocycles. The molecular weight excluding hydrogens is 168 g/mol. The summed E-state index contributed by atoms with van der Waals surface area (Å²) in [7, 11) is 0. The Morgan fingerprint density at radius 1 is 1.38 bits per heavy atom. The number of aliphatic hydroxyl groups excluding tert-OH is 1. The normalized spacial score (nSPS) is 21.5. The molecule has 1 aromatic carbocycles. The molecule has 0 fully saturated rings. The fourth-order valence-corrected chi connectivity index (χ4v) is 1.54. The first-order valence-electron chi connectivity index (χ1n) is 4.41. The van der Waals surface area contributed by atoms with E-state index in [0.717, 1.165) is 6.42 Å². The Balaban J connectivity index is 2.43. The summed E-state index contributed by atoms with van der Waals surface area (Å²) in [6, 6.07) is 4.82. The zero-order chi connectivity index (χ0) is 9.26. The molecule has 0 saturated heterocycles. The molecule has 0 spiro atoms. The van der Waals surface area contributed by atoms with Crippen molar-refractivity contribution in [3.63, 3.8) is 0 Å². The standard InChI is InChI=1S/C10H12O3/c11-7-3-4-10-8(6-7)9(12)2-1-5-13-10/h3-4,6,9,11-12H,1-2,5H2. The molecule has 0 aromatic heterocycles. The van der Waals surface area contributed by atoms with Gasteiger partial charge in [-0.3, -0.25) is 0 Å². The Labute approximate surface area is 76.6 Å². The minimum Gasteiger partial charge on any atom is -0.508 e. The second-order valence-electron chi connectivity index (χ2n) is 3.23. The van der Waals surface area contributed by atoms with Crippen LogP contribution >= 0.6 is 0 Å². The Kier molecular flexibility index (Phi) is 2.10. The highest BCUT2D eigenvalue weighted by Crippen LogP contribution is 2.33. The number of hydrogen-bond acceptors (Lipinski definition) is 3. The molecule has 13 heavy (non-hydrogen) atoms. The van der Waals surface area contributed by atoms with Crippen LogP contribution < -0.4 is 4.74 Å². The Hall–Kier alpha value is -1.22. The van der Waals surface area contributed by atoms with E-state index in [-0.39, 0.29) is 5.75 Å². The molecular formula is C10H12O3. The van der Waals surface area contributed by atoms with Crippen LogP contribution in [0.15, 0.2) is 18.2 Å². The molecule has 0 radical (unpaired) electrons. The SMILES string of the molecule is Oc1ccc2c(c1)C(O)CCCO2. The fraction of sp³-hybridized carbons (Fsp3) is 0.400. The van der Waals surface area contributed by atoms with E-state index in [0.29, 0.717) is 24.3 Å². The summed E-state index contributed by atoms with van der Waals surface area (Å²) in [6.07, 6.45) is 1.03. The Bertz CT molecular complexity index is 309. The van der Waals surface area contributed by atoms with Crippen molar-refractivity contribution in [3.8, 4) is 11.5 Å². The molecule has 2 rings (SSSR count). The first-order valence-corrected chi connectivity index (χ1v) is 4.41. The van der Waals surface area contributed by atoms with Gasteiger partial charge in [0.15, 0.2) is 0 Å². The van der Waals surface area contributed by atoms with Crippen LogP contribution in [0.25, 0.3) is 0 Å². The highest BCUT2D eigenvalue weighted by Gasteiger charge is 2.17. The maximum Gasteiger partial charge on any atom is 0.125 e. The van der Waals surface area contributed by atoms with E-state index in [9.17, 15) is 10.2 Å². The Morgan fingerprint density at radius 3 is 3.08 bits per heavy atom. The van der Waals surface area contributed by atoms with Crippen LogP contribution in [-0.4, -0.2) is 16.8 Å². The summed E-state index contributed by atoms with van der Waals surface area (Å²) in [5.74, 6) is 0.853. The average molecular weight is 180 g/mol. The summed E-state index contributed by atoms with van der Waals surface area (Å²) >= 11 is 0. The molecule has 1 atom stereocenters. The van der Waals surface area contributed by atoms with Crippen molar-refractivity contribution in [3.05, 3.63) is 23.8 Å². The van der Waals surface area contributed by atoms with Gasteiger partial charge in [0.05, 0.1) is 12.7 Å². The van der Waals surface area contributed by atoms with Crippen LogP contribution in [0.1, 0.15) is 24.5 Å². The summed E-state index contributed by atoms with van der Waals surface area (Å²) in [5, 5.41) is 18.9. The average Bonchev–Trinajstić information content (AvgIpc) is 2.29. The number of aliphatic hydroxyl groups is 1. The van der Waals surface area contributed by atoms with Gasteiger partial charge in [-0.25, -0.2) is 0 Å². The zero-order valence-electron chi connectivity index (χ0n) is 7.23. The van der Waals surface area contributed by atoms with Crippen LogP contribution in [0, 0.1) is 0 Å². The van der Waals surface area contributed by atoms with Crippen LogP contribution in [-0.2, 0) is 0 Å². The predicted molar refractivity (Wildman–Crippen MR) is 47.8 cm³/mol. The lowest BCUT2D eigenvalue weighted by Crippen LogP contribution is -1.95. The topological polar surface area (TPSA) is 49.7 Å². The number of fused-ring (bicyclic) bond motifs is 1. The van der Waals surface area contributed by atoms with E-state index in [2.05, 4.69) is 0 Å². The number of ether oxygens (including phenoxy) is 1. The van der Waals surface area contributed by atoms with Crippen LogP contribution in [0.5, 0.6) is 11.5 Å². The predicted octanol–water partition coefficient (Wildman–Crippen LogP) is 1.60. The first kappa shape index (κ1) is 8.38. The van der Waals surface area contributed by atoms with E-state index in [1.807, 2.05) is 0 Å². The highest BCUT2D eigenvalue weighted by molar-refractivity contribution is 5.41. The molecule has 0 aliphatic carbocycles. The third kappa shape index (κ3) is 1.60. The second-order valence-corrected chi connectivity index (χ2v) is 3.23. The molecule has 1 unspecified atom stereocenters. The zero-order valence-corrected chi connectivity index (χ0v) is 7.23. The van der Waals surface area contributed by atoms with E-state index in [4.69, 9.17) is 4.74 Å². The molecule has 70 valence electrons. The van der Waals surface area contributed by atoms with E-state index in [1.165, 1.54) is 0 Å². The molecule has 1 aliphatic rings. The molecule has 3 heteroatoms. The van der Waals surface area contributed by atoms with Gasteiger partial charge in [-0.15, -0.1) is 0 Å². The van der Waals surface area contributed by atoms with Crippen molar-refractivity contribution in [1.82, 2.24) is 0 Å². The smallest absolute Gasteiger partial charge is 0.125 e. The second kappa shape index (κ2) is 3.26. The van der Waals surface area contributed by atoms with Gasteiger partial charge in [0, 0.05) is 5.56 Å². The largest absolute Gasteiger partial charge is 0.508 e. The van der Waals surface area contributed by atoms with Gasteiger partial charge in [-0.05, 0) is 31.0 Å². The Morgan fingerprint density at radius 2 is 2.23 bits per heavy atom. The molecule has 0 bridgehead atoms. The van der Waals surface area contributed by atoms with Gasteiger partial charge in [-0.2, -0.15) is 0 Å². The lowest BCUT2D eigenvalue weighted by atomic mass is 10.1. The van der Waals surface area contributed by atoms with Crippen LogP contribution in [0.3, 0.4) is 0 Å². The lowest BCUT2D eigenvalue weighted by molar-refractivity contribution is 0.167. The summed E-state index contributed by atoms with van der Waals surface area (Å²) in [6.45, 7) is 0.634. The van der Waals surface area contributed by atoms with Gasteiger partial charge in [0.2, 0.25) is 0 Å². The van der Waals surface area contributed by atoms with Crippen molar-refractivity contribution in [1.29, 1.82) is 0 Å². The number of phenols is 1. The first-order chi connectivity index (χ1) is 6.27. The number of phenolic OH excluding ortho intramolecular Hbond substituents is 1. The fourth-order valence-electron chi connectivity index (χ4n) is 1.54. The quantitative estimate of drug-likeness (QED) is 0.637. The van der Waals surface area contributed by atoms with Gasteiger partial charge in [-0.1, -0.05) is 0 Å². The van der Waals surface area contributed by atoms with Gasteiger partial charge < -0.3 is 14.9 Å². The third-order valence-electron chi connectivity index (χ3n) is 2.23. The van der Waals surface area contributed by atoms with Gasteiger partial charge in [0.25, 0.3) is 0 Å². The van der Waals surface area contributed by atoms with E-state index >= 15 is 0 Å². The molecule has 1 aromatic rings. The lowest BCUT2D eigenvalue weighted by Gasteiger charge is -2.10. The third-order valence-corrected chi connectivity index (χ3v) is 2.23. The van der Waals surface area contributed by atoms with Crippen LogP contribution in [0.4, 0.5) is 0 Å². The summed E-state index contributed by atoms with van der Waals surface area (Å²) in [4.78, 5) is 0. The van der Waals surface area contributed by atoms with Crippen LogP contribution in [0.2, 0.25) is 0 Å². The monoisotopic (exact) mass is 180 g/mol. The highest BCUT2D eigenvalue weighted by atomic mass is 16.5. The molecule has 1 heterocycles. The number of benzene rings is 1. The molecule has 3 nitrogen and oxygen atoms in total. The molecule has 1 aliphatic heterocycles. The summed E-state index contributed by atoms with van der Waals surface area (Å²) in [5.41, 5.74) is 0.692. The van der Waals surface area contributed by atoms with Crippen molar-refractivity contribution < 1.29 is 14.9 Å². The van der Waals surface area contributed by atoms with Crippen molar-refractivity contribution in [2.24, 2.45) is 0 Å². The minimum absolute atomic E-state index is 0.170. The van der Waals surface area contributed by atoms with E-state index < -0.39 is 6.10 Å². The number of aromatic hydroxyl groups is 1. The maximum atomic E-state index is 9.67. The van der Waals surface area contributed by atoms with Crippen molar-refractivity contribution in [2.75, 3.05) is 6.61 Å². The molecule has 0 amide bonds. The number of rotatable bonds is 0. The van der Waals surface area contributed by atoms with Gasteiger partial charge >= 0.3 is 0 Å². The van der Waals surface area contributed by atoms with Crippen molar-refractivity contribution >= 4 is 0 Å².